The molecule has 0 aromatic carbocycles. The molecule has 0 spiro atoms. The van der Waals surface area contributed by atoms with Crippen LogP contribution in [-0.4, -0.2) is 49.9 Å². The summed E-state index contributed by atoms with van der Waals surface area (Å²) < 4.78 is 11.8. The van der Waals surface area contributed by atoms with E-state index in [-0.39, 0.29) is 40.0 Å². The van der Waals surface area contributed by atoms with E-state index < -0.39 is 8.32 Å². The lowest BCUT2D eigenvalue weighted by Gasteiger charge is -2.64. The second kappa shape index (κ2) is 10.2. The Morgan fingerprint density at radius 2 is 1.73 bits per heavy atom. The van der Waals surface area contributed by atoms with Crippen LogP contribution in [0, 0.1) is 46.3 Å². The van der Waals surface area contributed by atoms with Gasteiger partial charge in [-0.2, -0.15) is 0 Å². The topological polar surface area (TPSA) is 76.0 Å². The number of hydrogen-bond acceptors (Lipinski definition) is 5. The Labute approximate surface area is 227 Å². The predicted molar refractivity (Wildman–Crippen MR) is 150 cm³/mol. The molecule has 5 nitrogen and oxygen atoms in total. The number of esters is 1. The number of ether oxygens (including phenoxy) is 1. The first-order valence-electron chi connectivity index (χ1n) is 15.2. The Hall–Kier alpha value is -0.433. The number of fused-ring (bicyclic) bond motifs is 5. The zero-order chi connectivity index (χ0) is 27.6. The van der Waals surface area contributed by atoms with E-state index in [1.54, 1.807) is 0 Å². The summed E-state index contributed by atoms with van der Waals surface area (Å²) in [6, 6.07) is 0. The van der Waals surface area contributed by atoms with Crippen LogP contribution in [0.5, 0.6) is 0 Å². The molecule has 0 aromatic heterocycles. The van der Waals surface area contributed by atoms with Crippen LogP contribution in [0.1, 0.15) is 99.3 Å². The molecule has 0 aliphatic heterocycles. The Morgan fingerprint density at radius 3 is 2.35 bits per heavy atom. The number of aliphatic hydroxyl groups excluding tert-OH is 2. The van der Waals surface area contributed by atoms with Gasteiger partial charge in [-0.25, -0.2) is 0 Å². The van der Waals surface area contributed by atoms with Crippen molar-refractivity contribution in [1.29, 1.82) is 0 Å². The van der Waals surface area contributed by atoms with Gasteiger partial charge in [0.1, 0.15) is 0 Å². The lowest BCUT2D eigenvalue weighted by atomic mass is 9.43. The van der Waals surface area contributed by atoms with E-state index in [1.165, 1.54) is 7.11 Å². The second-order valence-corrected chi connectivity index (χ2v) is 20.2. The van der Waals surface area contributed by atoms with Crippen LogP contribution < -0.4 is 0 Å². The van der Waals surface area contributed by atoms with Crippen molar-refractivity contribution in [2.45, 2.75) is 136 Å². The highest BCUT2D eigenvalue weighted by molar-refractivity contribution is 6.74. The summed E-state index contributed by atoms with van der Waals surface area (Å²) in [6.45, 7) is 18.7. The Bertz CT molecular complexity index is 838. The Kier molecular flexibility index (Phi) is 8.14. The minimum absolute atomic E-state index is 0.148. The number of aliphatic hydroxyl groups is 2. The van der Waals surface area contributed by atoms with Gasteiger partial charge in [-0.15, -0.1) is 0 Å². The molecule has 37 heavy (non-hydrogen) atoms. The molecule has 0 bridgehead atoms. The van der Waals surface area contributed by atoms with Crippen LogP contribution in [0.3, 0.4) is 0 Å². The fraction of sp³-hybridized carbons (Fsp3) is 0.968. The van der Waals surface area contributed by atoms with Crippen molar-refractivity contribution in [3.8, 4) is 0 Å². The van der Waals surface area contributed by atoms with Gasteiger partial charge in [-0.3, -0.25) is 4.79 Å². The summed E-state index contributed by atoms with van der Waals surface area (Å²) in [6.07, 6.45) is 8.03. The molecule has 0 amide bonds. The summed E-state index contributed by atoms with van der Waals surface area (Å²) in [5, 5.41) is 23.7. The van der Waals surface area contributed by atoms with Gasteiger partial charge < -0.3 is 19.4 Å². The SMILES string of the molecule is COC(=O)CC[C@@H](C)[C@H]1CC[C@H]2[C@@H]3[C@H](O)CC4C[C@H](O[Si](C)(C)C(C)(C)C)CC[C@]4(C)[C@H]3C[C@H](O)[C@]12C. The first-order valence-corrected chi connectivity index (χ1v) is 18.1. The lowest BCUT2D eigenvalue weighted by Crippen LogP contribution is -2.62. The zero-order valence-corrected chi connectivity index (χ0v) is 26.2. The van der Waals surface area contributed by atoms with E-state index >= 15 is 0 Å². The number of rotatable bonds is 6. The van der Waals surface area contributed by atoms with Crippen LogP contribution >= 0.6 is 0 Å². The monoisotopic (exact) mass is 536 g/mol. The molecule has 0 radical (unpaired) electrons. The third-order valence-corrected chi connectivity index (χ3v) is 17.3. The normalized spacial score (nSPS) is 44.9. The maximum absolute atomic E-state index is 11.8. The van der Waals surface area contributed by atoms with Crippen LogP contribution in [-0.2, 0) is 14.0 Å². The van der Waals surface area contributed by atoms with Crippen molar-refractivity contribution in [1.82, 2.24) is 0 Å². The van der Waals surface area contributed by atoms with Gasteiger partial charge in [-0.1, -0.05) is 41.5 Å². The Morgan fingerprint density at radius 1 is 1.05 bits per heavy atom. The minimum Gasteiger partial charge on any atom is -0.469 e. The molecule has 4 rings (SSSR count). The summed E-state index contributed by atoms with van der Waals surface area (Å²) in [4.78, 5) is 11.8. The number of carbonyl (C=O) groups is 1. The molecule has 0 aromatic rings. The maximum Gasteiger partial charge on any atom is 0.305 e. The van der Waals surface area contributed by atoms with E-state index in [0.717, 1.165) is 51.4 Å². The number of carbonyl (C=O) groups excluding carboxylic acids is 1. The van der Waals surface area contributed by atoms with Crippen molar-refractivity contribution < 1.29 is 24.2 Å². The van der Waals surface area contributed by atoms with Gasteiger partial charge in [0.15, 0.2) is 8.32 Å². The van der Waals surface area contributed by atoms with Crippen molar-refractivity contribution in [2.75, 3.05) is 7.11 Å². The highest BCUT2D eigenvalue weighted by atomic mass is 28.4. The molecular formula is C31H56O5Si. The first kappa shape index (κ1) is 29.5. The third kappa shape index (κ3) is 5.00. The van der Waals surface area contributed by atoms with Crippen LogP contribution in [0.2, 0.25) is 18.1 Å². The highest BCUT2D eigenvalue weighted by Gasteiger charge is 2.65. The lowest BCUT2D eigenvalue weighted by molar-refractivity contribution is -0.206. The van der Waals surface area contributed by atoms with E-state index in [0.29, 0.717) is 42.1 Å². The van der Waals surface area contributed by atoms with Crippen molar-refractivity contribution >= 4 is 14.3 Å². The maximum atomic E-state index is 11.8. The average molecular weight is 537 g/mol. The second-order valence-electron chi connectivity index (χ2n) is 15.5. The molecular weight excluding hydrogens is 480 g/mol. The molecule has 4 aliphatic carbocycles. The average Bonchev–Trinajstić information content (AvgIpc) is 3.16. The largest absolute Gasteiger partial charge is 0.469 e. The summed E-state index contributed by atoms with van der Waals surface area (Å²) in [7, 11) is -0.375. The van der Waals surface area contributed by atoms with Crippen LogP contribution in [0.25, 0.3) is 0 Å². The zero-order valence-electron chi connectivity index (χ0n) is 25.2. The van der Waals surface area contributed by atoms with Gasteiger partial charge in [-0.05, 0) is 116 Å². The molecule has 6 heteroatoms. The van der Waals surface area contributed by atoms with Crippen molar-refractivity contribution in [2.24, 2.45) is 46.3 Å². The molecule has 4 saturated carbocycles. The van der Waals surface area contributed by atoms with E-state index in [4.69, 9.17) is 9.16 Å². The molecule has 2 N–H and O–H groups in total. The van der Waals surface area contributed by atoms with Crippen LogP contribution in [0.4, 0.5) is 0 Å². The quantitative estimate of drug-likeness (QED) is 0.297. The van der Waals surface area contributed by atoms with Gasteiger partial charge in [0.2, 0.25) is 0 Å². The molecule has 0 saturated heterocycles. The van der Waals surface area contributed by atoms with E-state index in [1.807, 2.05) is 0 Å². The molecule has 0 heterocycles. The summed E-state index contributed by atoms with van der Waals surface area (Å²) >= 11 is 0. The van der Waals surface area contributed by atoms with Gasteiger partial charge in [0.05, 0.1) is 19.3 Å². The molecule has 4 fully saturated rings. The Balaban J connectivity index is 1.51. The molecule has 214 valence electrons. The summed E-state index contributed by atoms with van der Waals surface area (Å²) in [5.41, 5.74) is -0.0301. The predicted octanol–water partition coefficient (Wildman–Crippen LogP) is 6.57. The van der Waals surface area contributed by atoms with Crippen molar-refractivity contribution in [3.05, 3.63) is 0 Å². The molecule has 4 aliphatic rings. The highest BCUT2D eigenvalue weighted by Crippen LogP contribution is 2.68. The van der Waals surface area contributed by atoms with Gasteiger partial charge in [0, 0.05) is 12.5 Å². The van der Waals surface area contributed by atoms with Gasteiger partial charge >= 0.3 is 5.97 Å². The molecule has 1 unspecified atom stereocenters. The third-order valence-electron chi connectivity index (χ3n) is 12.8. The molecule has 11 atom stereocenters. The number of methoxy groups -OCH3 is 1. The fourth-order valence-corrected chi connectivity index (χ4v) is 10.9. The van der Waals surface area contributed by atoms with Crippen molar-refractivity contribution in [3.63, 3.8) is 0 Å². The number of hydrogen-bond donors (Lipinski definition) is 2. The van der Waals surface area contributed by atoms with Crippen LogP contribution in [0.15, 0.2) is 0 Å². The fourth-order valence-electron chi connectivity index (χ4n) is 9.46. The standard InChI is InChI=1S/C31H56O5Si/c1-19(10-13-27(34)35-7)22-11-12-23-28-24(18-26(33)31(22,23)6)30(5)15-14-21(16-20(30)17-25(28)32)36-37(8,9)29(2,3)4/h19-26,28,32-33H,10-18H2,1-9H3/t19-,20?,21-,22-,23+,24+,25-,26+,28+,30+,31-/m1/s1. The minimum atomic E-state index is -1.83. The van der Waals surface area contributed by atoms with E-state index in [9.17, 15) is 15.0 Å². The van der Waals surface area contributed by atoms with Gasteiger partial charge in [0.25, 0.3) is 0 Å². The summed E-state index contributed by atoms with van der Waals surface area (Å²) in [5.74, 6) is 2.03. The first-order chi connectivity index (χ1) is 17.1. The smallest absolute Gasteiger partial charge is 0.305 e. The van der Waals surface area contributed by atoms with E-state index in [2.05, 4.69) is 54.6 Å².